The van der Waals surface area contributed by atoms with E-state index in [1.807, 2.05) is 32.0 Å². The highest BCUT2D eigenvalue weighted by molar-refractivity contribution is 7.86. The molecule has 0 saturated heterocycles. The molecule has 0 aliphatic rings. The lowest BCUT2D eigenvalue weighted by Crippen LogP contribution is -2.14. The molecule has 2 nitrogen and oxygen atoms in total. The van der Waals surface area contributed by atoms with Crippen LogP contribution in [-0.2, 0) is 11.0 Å². The maximum absolute atomic E-state index is 11.5. The molecule has 1 atom stereocenters. The summed E-state index contributed by atoms with van der Waals surface area (Å²) >= 11 is 0. The highest BCUT2D eigenvalue weighted by atomic mass is 32.2. The van der Waals surface area contributed by atoms with Gasteiger partial charge in [0.15, 0.2) is 0 Å². The Labute approximate surface area is 87.3 Å². The van der Waals surface area contributed by atoms with Gasteiger partial charge < -0.3 is 4.72 Å². The number of rotatable bonds is 3. The zero-order valence-corrected chi connectivity index (χ0v) is 9.10. The normalized spacial score (nSPS) is 12.1. The van der Waals surface area contributed by atoms with Crippen molar-refractivity contribution in [3.05, 3.63) is 29.8 Å². The Bertz CT molecular complexity index is 379. The van der Waals surface area contributed by atoms with Crippen LogP contribution >= 0.6 is 0 Å². The lowest BCUT2D eigenvalue weighted by atomic mass is 10.2. The number of terminal acetylenes is 1. The van der Waals surface area contributed by atoms with Crippen molar-refractivity contribution in [2.45, 2.75) is 19.1 Å². The Morgan fingerprint density at radius 1 is 1.50 bits per heavy atom. The van der Waals surface area contributed by atoms with E-state index in [0.717, 1.165) is 11.3 Å². The minimum absolute atomic E-state index is 0.0875. The van der Waals surface area contributed by atoms with Crippen molar-refractivity contribution >= 4 is 16.7 Å². The lowest BCUT2D eigenvalue weighted by molar-refractivity contribution is 0.680. The molecular weight excluding hydrogens is 194 g/mol. The van der Waals surface area contributed by atoms with Crippen LogP contribution in [0.4, 0.5) is 5.69 Å². The van der Waals surface area contributed by atoms with Crippen molar-refractivity contribution in [2.24, 2.45) is 0 Å². The van der Waals surface area contributed by atoms with E-state index in [-0.39, 0.29) is 5.25 Å². The summed E-state index contributed by atoms with van der Waals surface area (Å²) < 4.78 is 14.4. The minimum Gasteiger partial charge on any atom is -0.305 e. The van der Waals surface area contributed by atoms with Gasteiger partial charge in [0, 0.05) is 16.5 Å². The third kappa shape index (κ3) is 2.90. The van der Waals surface area contributed by atoms with E-state index >= 15 is 0 Å². The summed E-state index contributed by atoms with van der Waals surface area (Å²) in [4.78, 5) is 0. The van der Waals surface area contributed by atoms with E-state index < -0.39 is 11.0 Å². The zero-order valence-electron chi connectivity index (χ0n) is 8.28. The Hall–Kier alpha value is -1.27. The van der Waals surface area contributed by atoms with Crippen LogP contribution in [0.15, 0.2) is 24.3 Å². The van der Waals surface area contributed by atoms with Gasteiger partial charge >= 0.3 is 0 Å². The molecule has 0 radical (unpaired) electrons. The molecule has 14 heavy (non-hydrogen) atoms. The first kappa shape index (κ1) is 10.8. The number of anilines is 1. The maximum atomic E-state index is 11.5. The summed E-state index contributed by atoms with van der Waals surface area (Å²) in [7, 11) is -1.05. The summed E-state index contributed by atoms with van der Waals surface area (Å²) in [6.07, 6.45) is 5.26. The van der Waals surface area contributed by atoms with Gasteiger partial charge in [0.1, 0.15) is 11.0 Å². The monoisotopic (exact) mass is 207 g/mol. The molecule has 0 amide bonds. The van der Waals surface area contributed by atoms with E-state index in [4.69, 9.17) is 6.42 Å². The van der Waals surface area contributed by atoms with Crippen LogP contribution < -0.4 is 4.72 Å². The first-order valence-electron chi connectivity index (χ1n) is 4.37. The van der Waals surface area contributed by atoms with Gasteiger partial charge in [0.05, 0.1) is 0 Å². The Kier molecular flexibility index (Phi) is 3.73. The van der Waals surface area contributed by atoms with Gasteiger partial charge in [-0.15, -0.1) is 6.42 Å². The second-order valence-electron chi connectivity index (χ2n) is 3.17. The predicted molar refractivity (Wildman–Crippen MR) is 61.3 cm³/mol. The molecule has 1 rings (SSSR count). The molecule has 0 fully saturated rings. The highest BCUT2D eigenvalue weighted by Gasteiger charge is 2.04. The second kappa shape index (κ2) is 4.83. The van der Waals surface area contributed by atoms with Crippen LogP contribution in [0.1, 0.15) is 19.4 Å². The number of hydrogen-bond donors (Lipinski definition) is 1. The van der Waals surface area contributed by atoms with Gasteiger partial charge in [-0.1, -0.05) is 12.0 Å². The quantitative estimate of drug-likeness (QED) is 0.756. The van der Waals surface area contributed by atoms with Crippen molar-refractivity contribution in [3.8, 4) is 12.3 Å². The van der Waals surface area contributed by atoms with E-state index in [9.17, 15) is 4.21 Å². The van der Waals surface area contributed by atoms with Gasteiger partial charge in [-0.25, -0.2) is 4.21 Å². The molecule has 1 aromatic rings. The van der Waals surface area contributed by atoms with E-state index in [0.29, 0.717) is 0 Å². The molecule has 0 bridgehead atoms. The van der Waals surface area contributed by atoms with Crippen molar-refractivity contribution in [1.29, 1.82) is 0 Å². The SMILES string of the molecule is C#Cc1cccc(NS(=O)C(C)C)c1. The van der Waals surface area contributed by atoms with Gasteiger partial charge in [0.25, 0.3) is 0 Å². The minimum atomic E-state index is -1.05. The smallest absolute Gasteiger partial charge is 0.119 e. The van der Waals surface area contributed by atoms with Crippen molar-refractivity contribution in [2.75, 3.05) is 4.72 Å². The molecule has 0 spiro atoms. The summed E-state index contributed by atoms with van der Waals surface area (Å²) in [5, 5.41) is 0.0875. The summed E-state index contributed by atoms with van der Waals surface area (Å²) in [5.41, 5.74) is 1.59. The Balaban J connectivity index is 2.78. The molecule has 0 saturated carbocycles. The van der Waals surface area contributed by atoms with Crippen molar-refractivity contribution in [1.82, 2.24) is 0 Å². The standard InChI is InChI=1S/C11H13NOS/c1-4-10-6-5-7-11(8-10)12-14(13)9(2)3/h1,5-9,12H,2-3H3. The molecule has 1 unspecified atom stereocenters. The molecule has 74 valence electrons. The number of benzene rings is 1. The van der Waals surface area contributed by atoms with E-state index in [1.165, 1.54) is 0 Å². The van der Waals surface area contributed by atoms with Crippen LogP contribution in [0.3, 0.4) is 0 Å². The Morgan fingerprint density at radius 2 is 2.21 bits per heavy atom. The number of nitrogens with one attached hydrogen (secondary N) is 1. The maximum Gasteiger partial charge on any atom is 0.119 e. The highest BCUT2D eigenvalue weighted by Crippen LogP contribution is 2.11. The summed E-state index contributed by atoms with van der Waals surface area (Å²) in [5.74, 6) is 2.53. The zero-order chi connectivity index (χ0) is 10.6. The summed E-state index contributed by atoms with van der Waals surface area (Å²) in [6.45, 7) is 3.79. The van der Waals surface area contributed by atoms with Crippen LogP contribution in [-0.4, -0.2) is 9.46 Å². The van der Waals surface area contributed by atoms with Crippen molar-refractivity contribution in [3.63, 3.8) is 0 Å². The average Bonchev–Trinajstić information content (AvgIpc) is 2.18. The number of hydrogen-bond acceptors (Lipinski definition) is 1. The molecule has 0 aromatic heterocycles. The topological polar surface area (TPSA) is 29.1 Å². The molecule has 0 aliphatic carbocycles. The molecular formula is C11H13NOS. The molecule has 0 aliphatic heterocycles. The fraction of sp³-hybridized carbons (Fsp3) is 0.273. The lowest BCUT2D eigenvalue weighted by Gasteiger charge is -2.08. The molecule has 3 heteroatoms. The fourth-order valence-corrected chi connectivity index (χ4v) is 1.50. The van der Waals surface area contributed by atoms with Gasteiger partial charge in [-0.3, -0.25) is 0 Å². The van der Waals surface area contributed by atoms with E-state index in [2.05, 4.69) is 10.6 Å². The molecule has 0 heterocycles. The van der Waals surface area contributed by atoms with Crippen LogP contribution in [0.25, 0.3) is 0 Å². The summed E-state index contributed by atoms with van der Waals surface area (Å²) in [6, 6.07) is 7.33. The van der Waals surface area contributed by atoms with E-state index in [1.54, 1.807) is 6.07 Å². The fourth-order valence-electron chi connectivity index (χ4n) is 0.906. The average molecular weight is 207 g/mol. The largest absolute Gasteiger partial charge is 0.305 e. The molecule has 1 N–H and O–H groups in total. The van der Waals surface area contributed by atoms with Gasteiger partial charge in [-0.05, 0) is 32.0 Å². The second-order valence-corrected chi connectivity index (χ2v) is 4.92. The Morgan fingerprint density at radius 3 is 2.79 bits per heavy atom. The molecule has 1 aromatic carbocycles. The first-order chi connectivity index (χ1) is 6.63. The van der Waals surface area contributed by atoms with Crippen LogP contribution in [0.5, 0.6) is 0 Å². The van der Waals surface area contributed by atoms with Crippen molar-refractivity contribution < 1.29 is 4.21 Å². The van der Waals surface area contributed by atoms with Crippen LogP contribution in [0, 0.1) is 12.3 Å². The predicted octanol–water partition coefficient (Wildman–Crippen LogP) is 2.15. The van der Waals surface area contributed by atoms with Crippen LogP contribution in [0.2, 0.25) is 0 Å². The van der Waals surface area contributed by atoms with Gasteiger partial charge in [0.2, 0.25) is 0 Å². The third-order valence-corrected chi connectivity index (χ3v) is 2.97. The third-order valence-electron chi connectivity index (χ3n) is 1.68. The first-order valence-corrected chi connectivity index (χ1v) is 5.58. The van der Waals surface area contributed by atoms with Gasteiger partial charge in [-0.2, -0.15) is 0 Å².